The zero-order chi connectivity index (χ0) is 16.7. The largest absolute Gasteiger partial charge is 0.337 e. The van der Waals surface area contributed by atoms with Crippen LogP contribution in [0.4, 0.5) is 0 Å². The molecule has 1 aromatic rings. The van der Waals surface area contributed by atoms with Gasteiger partial charge in [0, 0.05) is 37.3 Å². The van der Waals surface area contributed by atoms with Crippen LogP contribution in [0.1, 0.15) is 39.5 Å². The van der Waals surface area contributed by atoms with E-state index < -0.39 is 15.4 Å². The molecule has 0 saturated heterocycles. The van der Waals surface area contributed by atoms with E-state index in [1.54, 1.807) is 12.5 Å². The normalized spacial score (nSPS) is 29.3. The third-order valence-electron chi connectivity index (χ3n) is 6.05. The van der Waals surface area contributed by atoms with Crippen molar-refractivity contribution in [2.45, 2.75) is 46.1 Å². The van der Waals surface area contributed by atoms with Crippen molar-refractivity contribution in [2.24, 2.45) is 16.7 Å². The lowest BCUT2D eigenvalue weighted by atomic mass is 9.70. The predicted molar refractivity (Wildman–Crippen MR) is 87.2 cm³/mol. The van der Waals surface area contributed by atoms with Gasteiger partial charge in [-0.25, -0.2) is 18.1 Å². The highest BCUT2D eigenvalue weighted by molar-refractivity contribution is 7.89. The molecule has 2 bridgehead atoms. The van der Waals surface area contributed by atoms with Gasteiger partial charge in [0.05, 0.1) is 12.1 Å². The minimum absolute atomic E-state index is 0.0621. The third kappa shape index (κ3) is 2.85. The second-order valence-electron chi connectivity index (χ2n) is 7.47. The van der Waals surface area contributed by atoms with Crippen LogP contribution < -0.4 is 4.72 Å². The fourth-order valence-electron chi connectivity index (χ4n) is 4.39. The summed E-state index contributed by atoms with van der Waals surface area (Å²) in [6.45, 7) is 5.23. The monoisotopic (exact) mass is 339 g/mol. The molecular weight excluding hydrogens is 314 g/mol. The quantitative estimate of drug-likeness (QED) is 0.765. The molecule has 0 amide bonds. The van der Waals surface area contributed by atoms with Gasteiger partial charge in [-0.3, -0.25) is 4.79 Å². The molecule has 0 unspecified atom stereocenters. The summed E-state index contributed by atoms with van der Waals surface area (Å²) in [6.07, 6.45) is 8.19. The molecule has 128 valence electrons. The highest BCUT2D eigenvalue weighted by Crippen LogP contribution is 2.64. The van der Waals surface area contributed by atoms with Crippen LogP contribution in [-0.4, -0.2) is 36.0 Å². The lowest BCUT2D eigenvalue weighted by Gasteiger charge is -2.36. The zero-order valence-electron chi connectivity index (χ0n) is 13.8. The van der Waals surface area contributed by atoms with E-state index in [1.165, 1.54) is 0 Å². The maximum Gasteiger partial charge on any atom is 0.212 e. The Hall–Kier alpha value is -1.21. The lowest BCUT2D eigenvalue weighted by Crippen LogP contribution is -2.45. The van der Waals surface area contributed by atoms with E-state index in [4.69, 9.17) is 0 Å². The van der Waals surface area contributed by atoms with E-state index in [0.717, 1.165) is 13.0 Å². The van der Waals surface area contributed by atoms with Gasteiger partial charge in [0.25, 0.3) is 0 Å². The van der Waals surface area contributed by atoms with Crippen LogP contribution >= 0.6 is 0 Å². The summed E-state index contributed by atoms with van der Waals surface area (Å²) >= 11 is 0. The van der Waals surface area contributed by atoms with Crippen molar-refractivity contribution < 1.29 is 13.2 Å². The summed E-state index contributed by atoms with van der Waals surface area (Å²) in [6, 6.07) is 0. The lowest BCUT2D eigenvalue weighted by molar-refractivity contribution is -0.128. The molecule has 2 saturated carbocycles. The molecule has 6 nitrogen and oxygen atoms in total. The van der Waals surface area contributed by atoms with Crippen LogP contribution in [0.5, 0.6) is 0 Å². The summed E-state index contributed by atoms with van der Waals surface area (Å²) in [5, 5.41) is 0. The topological polar surface area (TPSA) is 81.1 Å². The maximum atomic E-state index is 12.5. The number of ketones is 1. The first-order valence-corrected chi connectivity index (χ1v) is 9.88. The van der Waals surface area contributed by atoms with Crippen molar-refractivity contribution >= 4 is 15.8 Å². The van der Waals surface area contributed by atoms with E-state index in [9.17, 15) is 13.2 Å². The molecule has 1 heterocycles. The molecule has 2 atom stereocenters. The van der Waals surface area contributed by atoms with Gasteiger partial charge < -0.3 is 4.57 Å². The number of fused-ring (bicyclic) bond motifs is 2. The molecule has 7 heteroatoms. The Morgan fingerprint density at radius 1 is 1.43 bits per heavy atom. The maximum absolute atomic E-state index is 12.5. The molecule has 2 aliphatic carbocycles. The van der Waals surface area contributed by atoms with Gasteiger partial charge >= 0.3 is 0 Å². The number of carbonyl (C=O) groups is 1. The van der Waals surface area contributed by atoms with Crippen molar-refractivity contribution in [3.63, 3.8) is 0 Å². The molecule has 1 aromatic heterocycles. The van der Waals surface area contributed by atoms with E-state index in [1.807, 2.05) is 10.8 Å². The Morgan fingerprint density at radius 3 is 2.78 bits per heavy atom. The fraction of sp³-hybridized carbons (Fsp3) is 0.750. The van der Waals surface area contributed by atoms with Crippen molar-refractivity contribution in [2.75, 3.05) is 12.3 Å². The van der Waals surface area contributed by atoms with E-state index in [2.05, 4.69) is 23.6 Å². The average Bonchev–Trinajstić information content (AvgIpc) is 3.10. The van der Waals surface area contributed by atoms with E-state index in [-0.39, 0.29) is 17.0 Å². The molecule has 1 N–H and O–H groups in total. The summed E-state index contributed by atoms with van der Waals surface area (Å²) in [4.78, 5) is 16.4. The highest BCUT2D eigenvalue weighted by Gasteiger charge is 2.65. The number of sulfonamides is 1. The average molecular weight is 339 g/mol. The number of nitrogens with zero attached hydrogens (tertiary/aromatic N) is 2. The van der Waals surface area contributed by atoms with Crippen LogP contribution in [-0.2, 0) is 21.4 Å². The Labute approximate surface area is 137 Å². The molecular formula is C16H25N3O3S. The van der Waals surface area contributed by atoms with Gasteiger partial charge in [0.1, 0.15) is 5.78 Å². The summed E-state index contributed by atoms with van der Waals surface area (Å²) < 4.78 is 29.5. The van der Waals surface area contributed by atoms with Crippen molar-refractivity contribution in [3.05, 3.63) is 18.7 Å². The first kappa shape index (κ1) is 16.6. The number of aryl methyl sites for hydroxylation is 1. The van der Waals surface area contributed by atoms with Crippen LogP contribution in [0, 0.1) is 16.7 Å². The zero-order valence-corrected chi connectivity index (χ0v) is 14.6. The second kappa shape index (κ2) is 5.70. The molecule has 3 rings (SSSR count). The van der Waals surface area contributed by atoms with Crippen LogP contribution in [0.2, 0.25) is 0 Å². The summed E-state index contributed by atoms with van der Waals surface area (Å²) in [7, 11) is -3.45. The number of imidazole rings is 1. The number of rotatable bonds is 7. The van der Waals surface area contributed by atoms with Crippen LogP contribution in [0.15, 0.2) is 18.7 Å². The van der Waals surface area contributed by atoms with Gasteiger partial charge in [-0.05, 0) is 30.6 Å². The number of carbonyl (C=O) groups excluding carboxylic acids is 1. The van der Waals surface area contributed by atoms with Crippen LogP contribution in [0.3, 0.4) is 0 Å². The Balaban J connectivity index is 1.59. The summed E-state index contributed by atoms with van der Waals surface area (Å²) in [5.41, 5.74) is -0.899. The van der Waals surface area contributed by atoms with Gasteiger partial charge in [0.15, 0.2) is 0 Å². The Kier molecular flexibility index (Phi) is 4.13. The van der Waals surface area contributed by atoms with Crippen molar-refractivity contribution in [1.29, 1.82) is 0 Å². The number of nitrogens with one attached hydrogen (secondary N) is 1. The summed E-state index contributed by atoms with van der Waals surface area (Å²) in [5.74, 6) is 0.418. The van der Waals surface area contributed by atoms with Crippen molar-refractivity contribution in [1.82, 2.24) is 14.3 Å². The first-order chi connectivity index (χ1) is 10.8. The fourth-order valence-corrected chi connectivity index (χ4v) is 6.28. The molecule has 0 spiro atoms. The molecule has 2 aliphatic rings. The molecule has 0 aromatic carbocycles. The molecule has 0 aliphatic heterocycles. The van der Waals surface area contributed by atoms with Gasteiger partial charge in [-0.1, -0.05) is 13.8 Å². The SMILES string of the molecule is CC1(C)[C@@H]2CC[C@@]1(CS(=O)(=O)NCCCn1ccnc1)C(=O)C2. The molecule has 23 heavy (non-hydrogen) atoms. The van der Waals surface area contributed by atoms with E-state index >= 15 is 0 Å². The first-order valence-electron chi connectivity index (χ1n) is 8.23. The number of aromatic nitrogens is 2. The van der Waals surface area contributed by atoms with Gasteiger partial charge in [0.2, 0.25) is 10.0 Å². The number of hydrogen-bond donors (Lipinski definition) is 1. The van der Waals surface area contributed by atoms with E-state index in [0.29, 0.717) is 31.7 Å². The minimum Gasteiger partial charge on any atom is -0.337 e. The standard InChI is InChI=1S/C16H25N3O3S/c1-15(2)13-4-5-16(15,14(20)10-13)11-23(21,22)18-6-3-8-19-9-7-17-12-19/h7,9,12-13,18H,3-6,8,10-11H2,1-2H3/t13-,16-/m1/s1. The minimum atomic E-state index is -3.45. The smallest absolute Gasteiger partial charge is 0.212 e. The third-order valence-corrected chi connectivity index (χ3v) is 7.57. The predicted octanol–water partition coefficient (Wildman–Crippen LogP) is 1.59. The second-order valence-corrected chi connectivity index (χ2v) is 9.28. The Bertz CT molecular complexity index is 681. The highest BCUT2D eigenvalue weighted by atomic mass is 32.2. The van der Waals surface area contributed by atoms with Gasteiger partial charge in [-0.2, -0.15) is 0 Å². The number of Topliss-reactive ketones (excluding diaryl/α,β-unsaturated/α-hetero) is 1. The van der Waals surface area contributed by atoms with Crippen LogP contribution in [0.25, 0.3) is 0 Å². The number of hydrogen-bond acceptors (Lipinski definition) is 4. The van der Waals surface area contributed by atoms with Crippen molar-refractivity contribution in [3.8, 4) is 0 Å². The molecule has 2 fully saturated rings. The molecule has 0 radical (unpaired) electrons. The Morgan fingerprint density at radius 2 is 2.22 bits per heavy atom. The van der Waals surface area contributed by atoms with Gasteiger partial charge in [-0.15, -0.1) is 0 Å².